The van der Waals surface area contributed by atoms with E-state index in [1.807, 2.05) is 18.2 Å². The van der Waals surface area contributed by atoms with Crippen LogP contribution in [-0.2, 0) is 0 Å². The first-order valence-corrected chi connectivity index (χ1v) is 5.33. The topological polar surface area (TPSA) is 73.2 Å². The van der Waals surface area contributed by atoms with Crippen molar-refractivity contribution in [2.45, 2.75) is 0 Å². The van der Waals surface area contributed by atoms with E-state index in [9.17, 15) is 0 Å². The fraction of sp³-hybridized carbons (Fsp3) is 0.167. The zero-order valence-corrected chi connectivity index (χ0v) is 9.93. The summed E-state index contributed by atoms with van der Waals surface area (Å²) in [5.74, 6) is 1.89. The molecule has 0 saturated heterocycles. The van der Waals surface area contributed by atoms with Crippen molar-refractivity contribution in [1.29, 1.82) is 0 Å². The van der Waals surface area contributed by atoms with Crippen LogP contribution in [0.15, 0.2) is 29.0 Å². The van der Waals surface area contributed by atoms with Gasteiger partial charge in [0.05, 0.1) is 19.7 Å². The van der Waals surface area contributed by atoms with Gasteiger partial charge >= 0.3 is 0 Å². The van der Waals surface area contributed by atoms with Crippen LogP contribution in [0.5, 0.6) is 11.5 Å². The molecule has 0 radical (unpaired) electrons. The summed E-state index contributed by atoms with van der Waals surface area (Å²) in [5.41, 5.74) is 1.63. The lowest BCUT2D eigenvalue weighted by Crippen LogP contribution is -1.87. The Bertz CT molecular complexity index is 673. The van der Waals surface area contributed by atoms with Crippen LogP contribution in [-0.4, -0.2) is 29.4 Å². The lowest BCUT2D eigenvalue weighted by molar-refractivity contribution is 0.398. The molecule has 3 rings (SSSR count). The Morgan fingerprint density at radius 1 is 1.17 bits per heavy atom. The average Bonchev–Trinajstić information content (AvgIpc) is 3.05. The van der Waals surface area contributed by atoms with Gasteiger partial charge in [-0.1, -0.05) is 0 Å². The molecule has 6 heteroatoms. The first kappa shape index (κ1) is 10.6. The van der Waals surface area contributed by atoms with E-state index in [4.69, 9.17) is 13.9 Å². The summed E-state index contributed by atoms with van der Waals surface area (Å²) in [5, 5.41) is 8.45. The highest BCUT2D eigenvalue weighted by Gasteiger charge is 2.12. The maximum absolute atomic E-state index is 5.33. The lowest BCUT2D eigenvalue weighted by Gasteiger charge is -2.04. The van der Waals surface area contributed by atoms with Gasteiger partial charge in [0.15, 0.2) is 0 Å². The number of aromatic nitrogens is 3. The first-order valence-electron chi connectivity index (χ1n) is 5.33. The fourth-order valence-corrected chi connectivity index (χ4v) is 1.87. The number of hydrogen-bond acceptors (Lipinski definition) is 5. The predicted octanol–water partition coefficient (Wildman–Crippen LogP) is 2.24. The zero-order valence-electron chi connectivity index (χ0n) is 9.93. The Morgan fingerprint density at radius 3 is 2.72 bits per heavy atom. The highest BCUT2D eigenvalue weighted by molar-refractivity contribution is 5.91. The van der Waals surface area contributed by atoms with Crippen LogP contribution in [0, 0.1) is 0 Å². The third-order valence-corrected chi connectivity index (χ3v) is 2.72. The minimum atomic E-state index is 0.437. The molecule has 1 N–H and O–H groups in total. The Hall–Kier alpha value is -2.50. The van der Waals surface area contributed by atoms with E-state index >= 15 is 0 Å². The van der Waals surface area contributed by atoms with Crippen molar-refractivity contribution in [3.63, 3.8) is 0 Å². The standard InChI is InChI=1S/C12H11N3O3/c1-16-7-3-9-8(11(4-7)17-2)5-10(14-9)12-15-13-6-18-12/h3-6,14H,1-2H3. The summed E-state index contributed by atoms with van der Waals surface area (Å²) >= 11 is 0. The second-order valence-electron chi connectivity index (χ2n) is 3.72. The molecule has 0 aliphatic heterocycles. The van der Waals surface area contributed by atoms with Crippen molar-refractivity contribution in [2.24, 2.45) is 0 Å². The van der Waals surface area contributed by atoms with Crippen molar-refractivity contribution in [2.75, 3.05) is 14.2 Å². The number of ether oxygens (including phenoxy) is 2. The van der Waals surface area contributed by atoms with E-state index in [0.29, 0.717) is 5.89 Å². The van der Waals surface area contributed by atoms with Crippen LogP contribution < -0.4 is 9.47 Å². The normalized spacial score (nSPS) is 10.8. The van der Waals surface area contributed by atoms with Crippen molar-refractivity contribution >= 4 is 10.9 Å². The maximum atomic E-state index is 5.33. The number of fused-ring (bicyclic) bond motifs is 1. The first-order chi connectivity index (χ1) is 8.81. The molecule has 0 saturated carbocycles. The molecule has 92 valence electrons. The number of H-pyrrole nitrogens is 1. The fourth-order valence-electron chi connectivity index (χ4n) is 1.87. The van der Waals surface area contributed by atoms with E-state index in [2.05, 4.69) is 15.2 Å². The predicted molar refractivity (Wildman–Crippen MR) is 64.7 cm³/mol. The SMILES string of the molecule is COc1cc(OC)c2cc(-c3nnco3)[nH]c2c1. The molecule has 0 unspecified atom stereocenters. The Balaban J connectivity index is 2.22. The number of methoxy groups -OCH3 is 2. The molecule has 0 amide bonds. The maximum Gasteiger partial charge on any atom is 0.263 e. The van der Waals surface area contributed by atoms with Gasteiger partial charge in [0.2, 0.25) is 6.39 Å². The van der Waals surface area contributed by atoms with Crippen molar-refractivity contribution in [3.8, 4) is 23.1 Å². The van der Waals surface area contributed by atoms with Crippen LogP contribution in [0.2, 0.25) is 0 Å². The van der Waals surface area contributed by atoms with Crippen LogP contribution in [0.1, 0.15) is 0 Å². The van der Waals surface area contributed by atoms with Gasteiger partial charge < -0.3 is 18.9 Å². The number of benzene rings is 1. The van der Waals surface area contributed by atoms with Gasteiger partial charge in [-0.25, -0.2) is 0 Å². The third-order valence-electron chi connectivity index (χ3n) is 2.72. The molecule has 0 atom stereocenters. The van der Waals surface area contributed by atoms with Gasteiger partial charge in [-0.2, -0.15) is 0 Å². The monoisotopic (exact) mass is 245 g/mol. The van der Waals surface area contributed by atoms with E-state index in [1.54, 1.807) is 14.2 Å². The van der Waals surface area contributed by atoms with Crippen LogP contribution in [0.3, 0.4) is 0 Å². The summed E-state index contributed by atoms with van der Waals surface area (Å²) in [6.45, 7) is 0. The van der Waals surface area contributed by atoms with E-state index in [-0.39, 0.29) is 0 Å². The van der Waals surface area contributed by atoms with E-state index in [1.165, 1.54) is 6.39 Å². The number of nitrogens with zero attached hydrogens (tertiary/aromatic N) is 2. The zero-order chi connectivity index (χ0) is 12.5. The second-order valence-corrected chi connectivity index (χ2v) is 3.72. The molecule has 6 nitrogen and oxygen atoms in total. The molecule has 2 aromatic heterocycles. The molecular weight excluding hydrogens is 234 g/mol. The smallest absolute Gasteiger partial charge is 0.263 e. The minimum Gasteiger partial charge on any atom is -0.497 e. The molecule has 0 bridgehead atoms. The quantitative estimate of drug-likeness (QED) is 0.766. The second kappa shape index (κ2) is 4.06. The van der Waals surface area contributed by atoms with Gasteiger partial charge in [-0.05, 0) is 6.07 Å². The highest BCUT2D eigenvalue weighted by Crippen LogP contribution is 2.33. The summed E-state index contributed by atoms with van der Waals surface area (Å²) in [6, 6.07) is 5.62. The highest BCUT2D eigenvalue weighted by atomic mass is 16.5. The van der Waals surface area contributed by atoms with E-state index < -0.39 is 0 Å². The molecule has 0 fully saturated rings. The molecule has 0 aliphatic rings. The Morgan fingerprint density at radius 2 is 2.06 bits per heavy atom. The molecule has 18 heavy (non-hydrogen) atoms. The van der Waals surface area contributed by atoms with Gasteiger partial charge in [0.1, 0.15) is 17.2 Å². The van der Waals surface area contributed by atoms with Gasteiger partial charge in [0.25, 0.3) is 5.89 Å². The van der Waals surface area contributed by atoms with Crippen molar-refractivity contribution in [1.82, 2.24) is 15.2 Å². The summed E-state index contributed by atoms with van der Waals surface area (Å²) in [6.07, 6.45) is 1.29. The van der Waals surface area contributed by atoms with Gasteiger partial charge in [-0.15, -0.1) is 10.2 Å². The lowest BCUT2D eigenvalue weighted by atomic mass is 10.2. The van der Waals surface area contributed by atoms with E-state index in [0.717, 1.165) is 28.1 Å². The van der Waals surface area contributed by atoms with Gasteiger partial charge in [-0.3, -0.25) is 0 Å². The van der Waals surface area contributed by atoms with Crippen LogP contribution in [0.25, 0.3) is 22.5 Å². The molecule has 0 aliphatic carbocycles. The minimum absolute atomic E-state index is 0.437. The van der Waals surface area contributed by atoms with Crippen molar-refractivity contribution in [3.05, 3.63) is 24.6 Å². The summed E-state index contributed by atoms with van der Waals surface area (Å²) < 4.78 is 15.7. The third kappa shape index (κ3) is 1.58. The summed E-state index contributed by atoms with van der Waals surface area (Å²) in [4.78, 5) is 3.19. The Kier molecular flexibility index (Phi) is 2.40. The summed E-state index contributed by atoms with van der Waals surface area (Å²) in [7, 11) is 3.23. The molecule has 2 heterocycles. The number of hydrogen-bond donors (Lipinski definition) is 1. The molecule has 3 aromatic rings. The number of aromatic amines is 1. The molecule has 1 aromatic carbocycles. The molecule has 0 spiro atoms. The Labute approximate surface area is 103 Å². The van der Waals surface area contributed by atoms with Crippen LogP contribution >= 0.6 is 0 Å². The average molecular weight is 245 g/mol. The van der Waals surface area contributed by atoms with Crippen LogP contribution in [0.4, 0.5) is 0 Å². The number of rotatable bonds is 3. The largest absolute Gasteiger partial charge is 0.497 e. The molecular formula is C12H11N3O3. The van der Waals surface area contributed by atoms with Gasteiger partial charge in [0, 0.05) is 17.5 Å². The number of nitrogens with one attached hydrogen (secondary N) is 1. The van der Waals surface area contributed by atoms with Crippen molar-refractivity contribution < 1.29 is 13.9 Å².